The lowest BCUT2D eigenvalue weighted by Gasteiger charge is -2.25. The van der Waals surface area contributed by atoms with Crippen molar-refractivity contribution in [3.05, 3.63) is 12.2 Å². The van der Waals surface area contributed by atoms with Gasteiger partial charge in [-0.15, -0.1) is 0 Å². The van der Waals surface area contributed by atoms with E-state index >= 15 is 0 Å². The molecule has 7 heteroatoms. The zero-order valence-electron chi connectivity index (χ0n) is 13.7. The monoisotopic (exact) mass is 332 g/mol. The summed E-state index contributed by atoms with van der Waals surface area (Å²) < 4.78 is 13.5. The zero-order chi connectivity index (χ0) is 16.8. The minimum atomic E-state index is -1.70. The van der Waals surface area contributed by atoms with Gasteiger partial charge in [0.15, 0.2) is 0 Å². The molecular formula is C17H21FN4O2. The Kier molecular flexibility index (Phi) is 3.73. The second-order valence-corrected chi connectivity index (χ2v) is 7.17. The van der Waals surface area contributed by atoms with E-state index in [0.717, 1.165) is 39.0 Å². The van der Waals surface area contributed by atoms with Crippen molar-refractivity contribution in [2.75, 3.05) is 26.2 Å². The summed E-state index contributed by atoms with van der Waals surface area (Å²) in [6, 6.07) is 0. The smallest absolute Gasteiger partial charge is 0.289 e. The van der Waals surface area contributed by atoms with Crippen LogP contribution >= 0.6 is 0 Å². The molecule has 3 aliphatic heterocycles. The molecule has 0 radical (unpaired) electrons. The average molecular weight is 332 g/mol. The van der Waals surface area contributed by atoms with Crippen molar-refractivity contribution in [2.45, 2.75) is 25.9 Å². The first-order valence-corrected chi connectivity index (χ1v) is 8.53. The van der Waals surface area contributed by atoms with Gasteiger partial charge in [-0.2, -0.15) is 4.99 Å². The van der Waals surface area contributed by atoms with E-state index in [4.69, 9.17) is 0 Å². The SMILES string of the molecule is CC1=NC(N2CC3CN(C(=O)C4CC=CC4)CC3C2)=NC(=O)C1F. The van der Waals surface area contributed by atoms with Gasteiger partial charge in [-0.3, -0.25) is 9.59 Å². The molecule has 0 aromatic carbocycles. The molecule has 0 saturated carbocycles. The zero-order valence-corrected chi connectivity index (χ0v) is 13.7. The average Bonchev–Trinajstić information content (AvgIpc) is 3.26. The van der Waals surface area contributed by atoms with E-state index in [9.17, 15) is 14.0 Å². The summed E-state index contributed by atoms with van der Waals surface area (Å²) in [5.41, 5.74) is 0.174. The van der Waals surface area contributed by atoms with Gasteiger partial charge in [0.2, 0.25) is 18.0 Å². The first-order chi connectivity index (χ1) is 11.5. The molecule has 0 N–H and O–H groups in total. The van der Waals surface area contributed by atoms with Gasteiger partial charge in [-0.05, 0) is 19.8 Å². The number of fused-ring (bicyclic) bond motifs is 1. The Labute approximate surface area is 140 Å². The number of rotatable bonds is 1. The molecule has 3 atom stereocenters. The van der Waals surface area contributed by atoms with E-state index in [1.54, 1.807) is 0 Å². The molecule has 2 saturated heterocycles. The highest BCUT2D eigenvalue weighted by atomic mass is 19.1. The summed E-state index contributed by atoms with van der Waals surface area (Å²) in [5, 5.41) is 0. The Bertz CT molecular complexity index is 650. The number of amides is 2. The predicted molar refractivity (Wildman–Crippen MR) is 87.4 cm³/mol. The highest BCUT2D eigenvalue weighted by Crippen LogP contribution is 2.34. The topological polar surface area (TPSA) is 65.3 Å². The van der Waals surface area contributed by atoms with E-state index in [2.05, 4.69) is 22.1 Å². The molecule has 4 aliphatic rings. The molecule has 0 aromatic heterocycles. The summed E-state index contributed by atoms with van der Waals surface area (Å²) in [5.74, 6) is 0.701. The minimum Gasteiger partial charge on any atom is -0.342 e. The molecule has 4 rings (SSSR count). The number of allylic oxidation sites excluding steroid dienone is 2. The highest BCUT2D eigenvalue weighted by Gasteiger charge is 2.44. The molecule has 1 aliphatic carbocycles. The highest BCUT2D eigenvalue weighted by molar-refractivity contribution is 6.16. The third kappa shape index (κ3) is 2.56. The first kappa shape index (κ1) is 15.5. The largest absolute Gasteiger partial charge is 0.342 e. The van der Waals surface area contributed by atoms with Gasteiger partial charge in [0.1, 0.15) is 0 Å². The molecule has 128 valence electrons. The van der Waals surface area contributed by atoms with Crippen LogP contribution in [0.3, 0.4) is 0 Å². The van der Waals surface area contributed by atoms with E-state index in [0.29, 0.717) is 17.8 Å². The standard InChI is InChI=1S/C17H21FN4O2/c1-10-14(18)15(23)20-17(19-10)22-8-12-6-21(7-13(12)9-22)16(24)11-4-2-3-5-11/h2-3,11-14H,4-9H2,1H3. The van der Waals surface area contributed by atoms with Gasteiger partial charge < -0.3 is 9.80 Å². The molecular weight excluding hydrogens is 311 g/mol. The van der Waals surface area contributed by atoms with Crippen molar-refractivity contribution >= 4 is 23.5 Å². The summed E-state index contributed by atoms with van der Waals surface area (Å²) in [6.07, 6.45) is 4.17. The van der Waals surface area contributed by atoms with Crippen LogP contribution in [0.4, 0.5) is 4.39 Å². The van der Waals surface area contributed by atoms with Crippen LogP contribution in [0.5, 0.6) is 0 Å². The second-order valence-electron chi connectivity index (χ2n) is 7.17. The summed E-state index contributed by atoms with van der Waals surface area (Å²) in [4.78, 5) is 36.0. The third-order valence-corrected chi connectivity index (χ3v) is 5.51. The lowest BCUT2D eigenvalue weighted by molar-refractivity contribution is -0.134. The van der Waals surface area contributed by atoms with Crippen molar-refractivity contribution in [3.63, 3.8) is 0 Å². The molecule has 2 fully saturated rings. The molecule has 3 unspecified atom stereocenters. The number of alkyl halides is 1. The predicted octanol–water partition coefficient (Wildman–Crippen LogP) is 1.04. The molecule has 24 heavy (non-hydrogen) atoms. The van der Waals surface area contributed by atoms with Gasteiger partial charge in [0.25, 0.3) is 5.91 Å². The number of hydrogen-bond acceptors (Lipinski definition) is 4. The van der Waals surface area contributed by atoms with Crippen molar-refractivity contribution in [1.29, 1.82) is 0 Å². The van der Waals surface area contributed by atoms with Crippen LogP contribution in [0.15, 0.2) is 22.1 Å². The number of carbonyl (C=O) groups is 2. The number of hydrogen-bond donors (Lipinski definition) is 0. The summed E-state index contributed by atoms with van der Waals surface area (Å²) in [6.45, 7) is 4.47. The Morgan fingerprint density at radius 2 is 1.75 bits per heavy atom. The van der Waals surface area contributed by atoms with Crippen LogP contribution in [0.25, 0.3) is 0 Å². The number of nitrogens with zero attached hydrogens (tertiary/aromatic N) is 4. The first-order valence-electron chi connectivity index (χ1n) is 8.53. The van der Waals surface area contributed by atoms with E-state index < -0.39 is 12.1 Å². The van der Waals surface area contributed by atoms with Crippen LogP contribution in [0.1, 0.15) is 19.8 Å². The number of guanidine groups is 1. The Hall–Kier alpha value is -2.05. The van der Waals surface area contributed by atoms with Gasteiger partial charge in [-0.25, -0.2) is 9.38 Å². The van der Waals surface area contributed by atoms with Crippen molar-refractivity contribution < 1.29 is 14.0 Å². The second kappa shape index (κ2) is 5.79. The molecule has 2 amide bonds. The van der Waals surface area contributed by atoms with Crippen LogP contribution in [0, 0.1) is 17.8 Å². The molecule has 0 spiro atoms. The summed E-state index contributed by atoms with van der Waals surface area (Å²) >= 11 is 0. The van der Waals surface area contributed by atoms with Crippen LogP contribution in [-0.4, -0.2) is 65.6 Å². The van der Waals surface area contributed by atoms with E-state index in [1.165, 1.54) is 6.92 Å². The fourth-order valence-electron chi connectivity index (χ4n) is 4.13. The quantitative estimate of drug-likeness (QED) is 0.674. The molecule has 3 heterocycles. The number of carbonyl (C=O) groups excluding carboxylic acids is 2. The van der Waals surface area contributed by atoms with Gasteiger partial charge >= 0.3 is 0 Å². The number of aliphatic imine (C=N–C) groups is 2. The maximum atomic E-state index is 13.5. The van der Waals surface area contributed by atoms with Gasteiger partial charge in [0, 0.05) is 43.9 Å². The molecule has 6 nitrogen and oxygen atoms in total. The van der Waals surface area contributed by atoms with E-state index in [-0.39, 0.29) is 17.5 Å². The number of halogens is 1. The van der Waals surface area contributed by atoms with E-state index in [1.807, 2.05) is 9.80 Å². The summed E-state index contributed by atoms with van der Waals surface area (Å²) in [7, 11) is 0. The maximum Gasteiger partial charge on any atom is 0.289 e. The van der Waals surface area contributed by atoms with Crippen LogP contribution in [0.2, 0.25) is 0 Å². The van der Waals surface area contributed by atoms with Crippen LogP contribution in [-0.2, 0) is 9.59 Å². The third-order valence-electron chi connectivity index (χ3n) is 5.51. The van der Waals surface area contributed by atoms with Gasteiger partial charge in [0.05, 0.1) is 5.71 Å². The maximum absolute atomic E-state index is 13.5. The van der Waals surface area contributed by atoms with Crippen molar-refractivity contribution in [1.82, 2.24) is 9.80 Å². The Morgan fingerprint density at radius 3 is 2.33 bits per heavy atom. The van der Waals surface area contributed by atoms with Crippen molar-refractivity contribution in [2.24, 2.45) is 27.7 Å². The Balaban J connectivity index is 1.39. The fourth-order valence-corrected chi connectivity index (χ4v) is 4.13. The lowest BCUT2D eigenvalue weighted by atomic mass is 10.0. The lowest BCUT2D eigenvalue weighted by Crippen LogP contribution is -2.39. The fraction of sp³-hybridized carbons (Fsp3) is 0.647. The van der Waals surface area contributed by atoms with Crippen molar-refractivity contribution in [3.8, 4) is 0 Å². The minimum absolute atomic E-state index is 0.119. The normalized spacial score (nSPS) is 33.1. The molecule has 0 aromatic rings. The number of likely N-dealkylation sites (tertiary alicyclic amines) is 2. The molecule has 0 bridgehead atoms. The van der Waals surface area contributed by atoms with Gasteiger partial charge in [-0.1, -0.05) is 12.2 Å². The van der Waals surface area contributed by atoms with Crippen LogP contribution < -0.4 is 0 Å². The Morgan fingerprint density at radius 1 is 1.12 bits per heavy atom.